The molecule has 1 N–H and O–H groups in total. The lowest BCUT2D eigenvalue weighted by molar-refractivity contribution is 0.0647. The Kier molecular flexibility index (Phi) is 4.98. The van der Waals surface area contributed by atoms with Gasteiger partial charge in [-0.05, 0) is 43.9 Å². The molecule has 2 amide bonds. The largest absolute Gasteiger partial charge is 0.459 e. The minimum absolute atomic E-state index is 0.100. The smallest absolute Gasteiger partial charge is 0.289 e. The van der Waals surface area contributed by atoms with Gasteiger partial charge in [0.1, 0.15) is 5.52 Å². The Morgan fingerprint density at radius 3 is 2.80 bits per heavy atom. The van der Waals surface area contributed by atoms with Crippen molar-refractivity contribution in [2.75, 3.05) is 13.1 Å². The molecule has 156 valence electrons. The Morgan fingerprint density at radius 2 is 2.00 bits per heavy atom. The Labute approximate surface area is 174 Å². The average molecular weight is 407 g/mol. The number of nitrogens with zero attached hydrogens (tertiary/aromatic N) is 4. The van der Waals surface area contributed by atoms with Crippen molar-refractivity contribution < 1.29 is 14.0 Å². The number of amides is 2. The first-order valence-electron chi connectivity index (χ1n) is 10.7. The number of hydrogen-bond donors (Lipinski definition) is 1. The number of likely N-dealkylation sites (tertiary alicyclic amines) is 1. The fraction of sp³-hybridized carbons (Fsp3) is 0.455. The van der Waals surface area contributed by atoms with Gasteiger partial charge in [0.2, 0.25) is 0 Å². The predicted molar refractivity (Wildman–Crippen MR) is 110 cm³/mol. The number of carbonyl (C=O) groups is 2. The van der Waals surface area contributed by atoms with E-state index in [9.17, 15) is 9.59 Å². The van der Waals surface area contributed by atoms with Crippen LogP contribution in [0.3, 0.4) is 0 Å². The average Bonchev–Trinajstić information content (AvgIpc) is 3.54. The van der Waals surface area contributed by atoms with Gasteiger partial charge in [0.05, 0.1) is 18.2 Å². The Hall–Kier alpha value is -3.16. The van der Waals surface area contributed by atoms with Crippen LogP contribution in [0.15, 0.2) is 41.4 Å². The molecule has 0 spiro atoms. The molecule has 3 aromatic heterocycles. The summed E-state index contributed by atoms with van der Waals surface area (Å²) in [6.45, 7) is 1.13. The number of nitrogens with one attached hydrogen (secondary N) is 1. The van der Waals surface area contributed by atoms with Crippen molar-refractivity contribution >= 4 is 23.0 Å². The number of piperidine rings is 1. The third-order valence-electron chi connectivity index (χ3n) is 6.17. The van der Waals surface area contributed by atoms with Gasteiger partial charge in [-0.25, -0.2) is 9.97 Å². The third kappa shape index (κ3) is 3.58. The first-order chi connectivity index (χ1) is 14.7. The fourth-order valence-electron chi connectivity index (χ4n) is 4.60. The molecule has 0 radical (unpaired) electrons. The van der Waals surface area contributed by atoms with Crippen LogP contribution in [0.2, 0.25) is 0 Å². The number of fused-ring (bicyclic) bond motifs is 1. The molecule has 3 aromatic rings. The van der Waals surface area contributed by atoms with Crippen LogP contribution in [0.25, 0.3) is 11.2 Å². The van der Waals surface area contributed by atoms with Crippen molar-refractivity contribution in [3.8, 4) is 0 Å². The second kappa shape index (κ2) is 7.93. The van der Waals surface area contributed by atoms with Crippen LogP contribution in [0, 0.1) is 0 Å². The zero-order chi connectivity index (χ0) is 20.5. The van der Waals surface area contributed by atoms with E-state index in [2.05, 4.69) is 19.9 Å². The summed E-state index contributed by atoms with van der Waals surface area (Å²) in [5.41, 5.74) is 2.08. The molecule has 30 heavy (non-hydrogen) atoms. The van der Waals surface area contributed by atoms with Crippen molar-refractivity contribution in [1.82, 2.24) is 24.8 Å². The number of pyridine rings is 1. The van der Waals surface area contributed by atoms with Crippen LogP contribution in [-0.4, -0.2) is 50.4 Å². The summed E-state index contributed by atoms with van der Waals surface area (Å²) in [6, 6.07) is 5.53. The number of hydrogen-bond acceptors (Lipinski definition) is 5. The van der Waals surface area contributed by atoms with Gasteiger partial charge in [0, 0.05) is 31.4 Å². The molecule has 1 saturated heterocycles. The molecular weight excluding hydrogens is 382 g/mol. The zero-order valence-electron chi connectivity index (χ0n) is 16.8. The van der Waals surface area contributed by atoms with Crippen LogP contribution in [0.5, 0.6) is 0 Å². The minimum atomic E-state index is -0.183. The first-order valence-corrected chi connectivity index (χ1v) is 10.7. The van der Waals surface area contributed by atoms with Crippen molar-refractivity contribution in [2.24, 2.45) is 0 Å². The lowest BCUT2D eigenvalue weighted by atomic mass is 10.0. The lowest BCUT2D eigenvalue weighted by Gasteiger charge is -2.32. The quantitative estimate of drug-likeness (QED) is 0.717. The Bertz CT molecular complexity index is 1050. The highest BCUT2D eigenvalue weighted by Gasteiger charge is 2.27. The van der Waals surface area contributed by atoms with Gasteiger partial charge in [-0.15, -0.1) is 0 Å². The lowest BCUT2D eigenvalue weighted by Crippen LogP contribution is -2.49. The highest BCUT2D eigenvalue weighted by molar-refractivity contribution is 5.96. The summed E-state index contributed by atoms with van der Waals surface area (Å²) in [4.78, 5) is 36.1. The molecule has 8 heteroatoms. The SMILES string of the molecule is O=C(NC1CCCN(C(=O)c2ccco2)C1)c1cnc2c(c1)ncn2C1CCCC1. The van der Waals surface area contributed by atoms with Crippen LogP contribution in [-0.2, 0) is 0 Å². The molecule has 1 atom stereocenters. The van der Waals surface area contributed by atoms with E-state index in [0.29, 0.717) is 30.5 Å². The van der Waals surface area contributed by atoms with E-state index in [-0.39, 0.29) is 17.9 Å². The first kappa shape index (κ1) is 18.8. The van der Waals surface area contributed by atoms with Gasteiger partial charge in [-0.1, -0.05) is 12.8 Å². The molecule has 5 rings (SSSR count). The van der Waals surface area contributed by atoms with E-state index in [1.165, 1.54) is 19.1 Å². The molecule has 8 nitrogen and oxygen atoms in total. The maximum Gasteiger partial charge on any atom is 0.289 e. The summed E-state index contributed by atoms with van der Waals surface area (Å²) >= 11 is 0. The molecule has 0 aromatic carbocycles. The molecular formula is C22H25N5O3. The van der Waals surface area contributed by atoms with E-state index in [0.717, 1.165) is 36.8 Å². The van der Waals surface area contributed by atoms with Crippen molar-refractivity contribution in [3.05, 3.63) is 48.3 Å². The van der Waals surface area contributed by atoms with E-state index in [1.54, 1.807) is 29.3 Å². The Balaban J connectivity index is 1.26. The topological polar surface area (TPSA) is 93.3 Å². The van der Waals surface area contributed by atoms with Crippen molar-refractivity contribution in [1.29, 1.82) is 0 Å². The molecule has 1 aliphatic carbocycles. The highest BCUT2D eigenvalue weighted by atomic mass is 16.3. The second-order valence-electron chi connectivity index (χ2n) is 8.20. The normalized spacial score (nSPS) is 20.0. The van der Waals surface area contributed by atoms with Gasteiger partial charge in [0.25, 0.3) is 11.8 Å². The third-order valence-corrected chi connectivity index (χ3v) is 6.17. The highest BCUT2D eigenvalue weighted by Crippen LogP contribution is 2.31. The molecule has 1 saturated carbocycles. The standard InChI is InChI=1S/C22H25N5O3/c28-21(25-16-5-3-9-26(13-16)22(29)19-8-4-10-30-19)15-11-18-20(23-12-15)27(14-24-18)17-6-1-2-7-17/h4,8,10-12,14,16-17H,1-3,5-7,9,13H2,(H,25,28). The van der Waals surface area contributed by atoms with Gasteiger partial charge in [0.15, 0.2) is 11.4 Å². The molecule has 1 unspecified atom stereocenters. The van der Waals surface area contributed by atoms with Gasteiger partial charge in [-0.2, -0.15) is 0 Å². The summed E-state index contributed by atoms with van der Waals surface area (Å²) in [5, 5.41) is 3.05. The number of furan rings is 1. The van der Waals surface area contributed by atoms with Gasteiger partial charge >= 0.3 is 0 Å². The summed E-state index contributed by atoms with van der Waals surface area (Å²) < 4.78 is 7.36. The number of aromatic nitrogens is 3. The summed E-state index contributed by atoms with van der Waals surface area (Å²) in [7, 11) is 0. The summed E-state index contributed by atoms with van der Waals surface area (Å²) in [6.07, 6.45) is 11.4. The zero-order valence-corrected chi connectivity index (χ0v) is 16.8. The monoisotopic (exact) mass is 407 g/mol. The van der Waals surface area contributed by atoms with E-state index < -0.39 is 0 Å². The van der Waals surface area contributed by atoms with Gasteiger partial charge < -0.3 is 19.2 Å². The maximum absolute atomic E-state index is 12.8. The molecule has 4 heterocycles. The van der Waals surface area contributed by atoms with Crippen LogP contribution in [0.4, 0.5) is 0 Å². The predicted octanol–water partition coefficient (Wildman–Crippen LogP) is 3.17. The molecule has 2 fully saturated rings. The van der Waals surface area contributed by atoms with Crippen LogP contribution in [0.1, 0.15) is 65.5 Å². The molecule has 1 aliphatic heterocycles. The maximum atomic E-state index is 12.8. The van der Waals surface area contributed by atoms with Crippen molar-refractivity contribution in [2.45, 2.75) is 50.6 Å². The molecule has 2 aliphatic rings. The minimum Gasteiger partial charge on any atom is -0.459 e. The number of carbonyl (C=O) groups excluding carboxylic acids is 2. The number of imidazole rings is 1. The summed E-state index contributed by atoms with van der Waals surface area (Å²) in [5.74, 6) is 0.00563. The van der Waals surface area contributed by atoms with E-state index in [4.69, 9.17) is 4.42 Å². The van der Waals surface area contributed by atoms with Crippen LogP contribution < -0.4 is 5.32 Å². The van der Waals surface area contributed by atoms with E-state index in [1.807, 2.05) is 6.33 Å². The van der Waals surface area contributed by atoms with Crippen molar-refractivity contribution in [3.63, 3.8) is 0 Å². The number of rotatable bonds is 4. The van der Waals surface area contributed by atoms with Crippen LogP contribution >= 0.6 is 0 Å². The fourth-order valence-corrected chi connectivity index (χ4v) is 4.60. The molecule has 0 bridgehead atoms. The Morgan fingerprint density at radius 1 is 1.13 bits per heavy atom. The second-order valence-corrected chi connectivity index (χ2v) is 8.20. The van der Waals surface area contributed by atoms with Gasteiger partial charge in [-0.3, -0.25) is 9.59 Å². The van der Waals surface area contributed by atoms with E-state index >= 15 is 0 Å².